The van der Waals surface area contributed by atoms with Crippen LogP contribution in [0.1, 0.15) is 23.7 Å². The molecule has 0 aliphatic carbocycles. The Morgan fingerprint density at radius 1 is 1.14 bits per heavy atom. The van der Waals surface area contributed by atoms with E-state index in [0.29, 0.717) is 25.4 Å². The van der Waals surface area contributed by atoms with Crippen LogP contribution < -0.4 is 4.74 Å². The highest BCUT2D eigenvalue weighted by atomic mass is 16.5. The number of nitrogens with zero attached hydrogens (tertiary/aromatic N) is 1. The third kappa shape index (κ3) is 4.85. The molecule has 2 rings (SSSR count). The van der Waals surface area contributed by atoms with Gasteiger partial charge in [-0.15, -0.1) is 0 Å². The quantitative estimate of drug-likeness (QED) is 0.759. The van der Waals surface area contributed by atoms with Gasteiger partial charge in [0.25, 0.3) is 0 Å². The molecule has 0 bridgehead atoms. The monoisotopic (exact) mass is 287 g/mol. The number of aliphatic hydroxyl groups excluding tert-OH is 1. The first-order chi connectivity index (χ1) is 10.3. The maximum atomic E-state index is 10.4. The standard InChI is InChI=1S/C17H21NO3/c1-20-11-12-21-17-7-3-2-6-15(17)16(19)9-8-14-5-4-10-18-13-14/h2-7,10,13,16,19H,8-9,11-12H2,1H3. The van der Waals surface area contributed by atoms with Crippen molar-refractivity contribution < 1.29 is 14.6 Å². The number of aromatic nitrogens is 1. The lowest BCUT2D eigenvalue weighted by Crippen LogP contribution is -2.08. The van der Waals surface area contributed by atoms with Crippen LogP contribution >= 0.6 is 0 Å². The van der Waals surface area contributed by atoms with Crippen molar-refractivity contribution in [3.63, 3.8) is 0 Å². The highest BCUT2D eigenvalue weighted by molar-refractivity contribution is 5.35. The molecule has 0 saturated heterocycles. The smallest absolute Gasteiger partial charge is 0.125 e. The van der Waals surface area contributed by atoms with Crippen LogP contribution in [0.15, 0.2) is 48.8 Å². The molecule has 4 heteroatoms. The summed E-state index contributed by atoms with van der Waals surface area (Å²) in [5.41, 5.74) is 1.94. The molecule has 0 radical (unpaired) electrons. The number of pyridine rings is 1. The van der Waals surface area contributed by atoms with Crippen molar-refractivity contribution >= 4 is 0 Å². The Kier molecular flexibility index (Phi) is 6.19. The average Bonchev–Trinajstić information content (AvgIpc) is 2.54. The molecule has 1 unspecified atom stereocenters. The fraction of sp³-hybridized carbons (Fsp3) is 0.353. The number of para-hydroxylation sites is 1. The predicted octanol–water partition coefficient (Wildman–Crippen LogP) is 2.77. The molecule has 2 aromatic rings. The van der Waals surface area contributed by atoms with E-state index in [1.807, 2.05) is 42.6 Å². The first-order valence-corrected chi connectivity index (χ1v) is 7.09. The Labute approximate surface area is 125 Å². The van der Waals surface area contributed by atoms with Gasteiger partial charge in [0.15, 0.2) is 0 Å². The Bertz CT molecular complexity index is 531. The van der Waals surface area contributed by atoms with Crippen molar-refractivity contribution in [2.75, 3.05) is 20.3 Å². The van der Waals surface area contributed by atoms with E-state index >= 15 is 0 Å². The molecule has 1 heterocycles. The average molecular weight is 287 g/mol. The molecule has 1 N–H and O–H groups in total. The molecule has 0 amide bonds. The van der Waals surface area contributed by atoms with Crippen LogP contribution in [-0.2, 0) is 11.2 Å². The molecular weight excluding hydrogens is 266 g/mol. The SMILES string of the molecule is COCCOc1ccccc1C(O)CCc1cccnc1. The summed E-state index contributed by atoms with van der Waals surface area (Å²) in [5, 5.41) is 10.4. The van der Waals surface area contributed by atoms with E-state index in [0.717, 1.165) is 17.5 Å². The molecule has 21 heavy (non-hydrogen) atoms. The fourth-order valence-electron chi connectivity index (χ4n) is 2.13. The van der Waals surface area contributed by atoms with Crippen molar-refractivity contribution in [2.24, 2.45) is 0 Å². The minimum Gasteiger partial charge on any atom is -0.491 e. The number of benzene rings is 1. The minimum absolute atomic E-state index is 0.475. The van der Waals surface area contributed by atoms with Gasteiger partial charge in [-0.1, -0.05) is 24.3 Å². The molecule has 1 aromatic heterocycles. The zero-order chi connectivity index (χ0) is 14.9. The van der Waals surface area contributed by atoms with E-state index in [-0.39, 0.29) is 0 Å². The zero-order valence-corrected chi connectivity index (χ0v) is 12.2. The number of methoxy groups -OCH3 is 1. The zero-order valence-electron chi connectivity index (χ0n) is 12.2. The molecule has 0 saturated carbocycles. The van der Waals surface area contributed by atoms with Crippen molar-refractivity contribution in [1.82, 2.24) is 4.98 Å². The molecular formula is C17H21NO3. The number of rotatable bonds is 8. The second kappa shape index (κ2) is 8.39. The summed E-state index contributed by atoms with van der Waals surface area (Å²) in [6.07, 6.45) is 4.44. The Balaban J connectivity index is 1.96. The van der Waals surface area contributed by atoms with Gasteiger partial charge in [0.1, 0.15) is 12.4 Å². The van der Waals surface area contributed by atoms with Crippen molar-refractivity contribution in [1.29, 1.82) is 0 Å². The summed E-state index contributed by atoms with van der Waals surface area (Å²) >= 11 is 0. The van der Waals surface area contributed by atoms with Gasteiger partial charge in [-0.2, -0.15) is 0 Å². The van der Waals surface area contributed by atoms with Gasteiger partial charge in [0.2, 0.25) is 0 Å². The summed E-state index contributed by atoms with van der Waals surface area (Å²) in [4.78, 5) is 4.08. The lowest BCUT2D eigenvalue weighted by molar-refractivity contribution is 0.136. The van der Waals surface area contributed by atoms with Crippen LogP contribution in [0, 0.1) is 0 Å². The van der Waals surface area contributed by atoms with E-state index in [1.165, 1.54) is 0 Å². The van der Waals surface area contributed by atoms with Crippen LogP contribution in [0.5, 0.6) is 5.75 Å². The first kappa shape index (κ1) is 15.5. The lowest BCUT2D eigenvalue weighted by atomic mass is 10.0. The van der Waals surface area contributed by atoms with E-state index in [4.69, 9.17) is 9.47 Å². The van der Waals surface area contributed by atoms with Gasteiger partial charge < -0.3 is 14.6 Å². The Hall–Kier alpha value is -1.91. The van der Waals surface area contributed by atoms with E-state index in [9.17, 15) is 5.11 Å². The largest absolute Gasteiger partial charge is 0.491 e. The maximum absolute atomic E-state index is 10.4. The Morgan fingerprint density at radius 2 is 2.00 bits per heavy atom. The fourth-order valence-corrected chi connectivity index (χ4v) is 2.13. The van der Waals surface area contributed by atoms with Crippen LogP contribution in [0.3, 0.4) is 0 Å². The van der Waals surface area contributed by atoms with E-state index in [1.54, 1.807) is 13.3 Å². The third-order valence-corrected chi connectivity index (χ3v) is 3.25. The summed E-state index contributed by atoms with van der Waals surface area (Å²) in [6, 6.07) is 11.5. The Morgan fingerprint density at radius 3 is 2.76 bits per heavy atom. The van der Waals surface area contributed by atoms with Crippen LogP contribution in [-0.4, -0.2) is 30.4 Å². The summed E-state index contributed by atoms with van der Waals surface area (Å²) in [7, 11) is 1.64. The molecule has 112 valence electrons. The highest BCUT2D eigenvalue weighted by Gasteiger charge is 2.13. The molecule has 0 spiro atoms. The van der Waals surface area contributed by atoms with Crippen molar-refractivity contribution in [3.8, 4) is 5.75 Å². The second-order valence-electron chi connectivity index (χ2n) is 4.79. The number of hydrogen-bond acceptors (Lipinski definition) is 4. The van der Waals surface area contributed by atoms with Gasteiger partial charge in [0.05, 0.1) is 12.7 Å². The number of ether oxygens (including phenoxy) is 2. The van der Waals surface area contributed by atoms with Crippen molar-refractivity contribution in [2.45, 2.75) is 18.9 Å². The van der Waals surface area contributed by atoms with Crippen LogP contribution in [0.4, 0.5) is 0 Å². The summed E-state index contributed by atoms with van der Waals surface area (Å²) in [6.45, 7) is 1.00. The minimum atomic E-state index is -0.552. The summed E-state index contributed by atoms with van der Waals surface area (Å²) in [5.74, 6) is 0.716. The number of hydrogen-bond donors (Lipinski definition) is 1. The molecule has 0 fully saturated rings. The van der Waals surface area contributed by atoms with Crippen LogP contribution in [0.25, 0.3) is 0 Å². The molecule has 1 aromatic carbocycles. The van der Waals surface area contributed by atoms with Gasteiger partial charge in [-0.05, 0) is 30.5 Å². The number of aryl methyl sites for hydroxylation is 1. The van der Waals surface area contributed by atoms with E-state index in [2.05, 4.69) is 4.98 Å². The highest BCUT2D eigenvalue weighted by Crippen LogP contribution is 2.28. The molecule has 1 atom stereocenters. The maximum Gasteiger partial charge on any atom is 0.125 e. The van der Waals surface area contributed by atoms with Gasteiger partial charge in [0, 0.05) is 25.1 Å². The number of aliphatic hydroxyl groups is 1. The van der Waals surface area contributed by atoms with Crippen molar-refractivity contribution in [3.05, 3.63) is 59.9 Å². The third-order valence-electron chi connectivity index (χ3n) is 3.25. The second-order valence-corrected chi connectivity index (χ2v) is 4.79. The van der Waals surface area contributed by atoms with Gasteiger partial charge >= 0.3 is 0 Å². The lowest BCUT2D eigenvalue weighted by Gasteiger charge is -2.16. The van der Waals surface area contributed by atoms with Crippen LogP contribution in [0.2, 0.25) is 0 Å². The van der Waals surface area contributed by atoms with E-state index < -0.39 is 6.10 Å². The topological polar surface area (TPSA) is 51.6 Å². The first-order valence-electron chi connectivity index (χ1n) is 7.09. The van der Waals surface area contributed by atoms with Gasteiger partial charge in [-0.25, -0.2) is 0 Å². The predicted molar refractivity (Wildman–Crippen MR) is 81.3 cm³/mol. The molecule has 4 nitrogen and oxygen atoms in total. The van der Waals surface area contributed by atoms with Gasteiger partial charge in [-0.3, -0.25) is 4.98 Å². The summed E-state index contributed by atoms with van der Waals surface area (Å²) < 4.78 is 10.6. The normalized spacial score (nSPS) is 12.1. The molecule has 0 aliphatic heterocycles. The molecule has 0 aliphatic rings.